The highest BCUT2D eigenvalue weighted by Gasteiger charge is 2.19. The topological polar surface area (TPSA) is 78.9 Å². The molecule has 0 rings (SSSR count). The van der Waals surface area contributed by atoms with E-state index in [9.17, 15) is 14.4 Å². The van der Waals surface area contributed by atoms with Crippen molar-refractivity contribution in [3.63, 3.8) is 0 Å². The minimum absolute atomic E-state index is 0.0901. The van der Waals surface area contributed by atoms with Crippen molar-refractivity contribution >= 4 is 17.9 Å². The summed E-state index contributed by atoms with van der Waals surface area (Å²) < 4.78 is 16.7. The van der Waals surface area contributed by atoms with Gasteiger partial charge in [0.25, 0.3) is 0 Å². The number of allylic oxidation sites excluding steroid dienone is 12. The van der Waals surface area contributed by atoms with E-state index in [0.29, 0.717) is 19.3 Å². The molecule has 0 spiro atoms. The molecule has 6 heteroatoms. The lowest BCUT2D eigenvalue weighted by Crippen LogP contribution is -2.30. The normalized spacial score (nSPS) is 12.7. The first-order valence-corrected chi connectivity index (χ1v) is 23.4. The summed E-state index contributed by atoms with van der Waals surface area (Å²) in [7, 11) is 0. The van der Waals surface area contributed by atoms with Gasteiger partial charge in [0.15, 0.2) is 6.10 Å². The Hall–Kier alpha value is -3.15. The molecule has 0 amide bonds. The average Bonchev–Trinajstić information content (AvgIpc) is 3.21. The van der Waals surface area contributed by atoms with E-state index in [2.05, 4.69) is 93.7 Å². The summed E-state index contributed by atoms with van der Waals surface area (Å²) in [5.41, 5.74) is 0. The van der Waals surface area contributed by atoms with Crippen LogP contribution in [0.5, 0.6) is 0 Å². The summed E-state index contributed by atoms with van der Waals surface area (Å²) in [5, 5.41) is 0. The first kappa shape index (κ1) is 53.9. The van der Waals surface area contributed by atoms with Crippen molar-refractivity contribution < 1.29 is 28.6 Å². The summed E-state index contributed by atoms with van der Waals surface area (Å²) in [4.78, 5) is 37.7. The Morgan fingerprint density at radius 1 is 0.368 bits per heavy atom. The molecular weight excluding hydrogens is 709 g/mol. The van der Waals surface area contributed by atoms with Gasteiger partial charge in [-0.2, -0.15) is 0 Å². The van der Waals surface area contributed by atoms with Gasteiger partial charge in [0.05, 0.1) is 0 Å². The predicted molar refractivity (Wildman–Crippen MR) is 242 cm³/mol. The lowest BCUT2D eigenvalue weighted by atomic mass is 10.1. The SMILES string of the molecule is CC/C=C\C/C=C\C/C=C\CCCCCCCCCC(=O)OCC(COC(=O)CCCCCCCCCCC)OC(=O)CCCCC/C=C\C/C=C\C/C=C\CC. The van der Waals surface area contributed by atoms with Gasteiger partial charge < -0.3 is 14.2 Å². The summed E-state index contributed by atoms with van der Waals surface area (Å²) in [6.07, 6.45) is 56.0. The second kappa shape index (κ2) is 45.6. The molecular formula is C51H86O6. The number of carbonyl (C=O) groups is 3. The second-order valence-corrected chi connectivity index (χ2v) is 15.3. The molecule has 0 aromatic heterocycles. The lowest BCUT2D eigenvalue weighted by Gasteiger charge is -2.18. The maximum absolute atomic E-state index is 12.7. The summed E-state index contributed by atoms with van der Waals surface area (Å²) in [6, 6.07) is 0. The number of ether oxygens (including phenoxy) is 3. The summed E-state index contributed by atoms with van der Waals surface area (Å²) in [5.74, 6) is -0.936. The first-order valence-electron chi connectivity index (χ1n) is 23.4. The van der Waals surface area contributed by atoms with Gasteiger partial charge in [-0.05, 0) is 83.5 Å². The van der Waals surface area contributed by atoms with Crippen molar-refractivity contribution in [2.75, 3.05) is 13.2 Å². The monoisotopic (exact) mass is 795 g/mol. The zero-order valence-corrected chi connectivity index (χ0v) is 37.1. The molecule has 0 heterocycles. The Bertz CT molecular complexity index is 1100. The Balaban J connectivity index is 4.39. The molecule has 1 atom stereocenters. The second-order valence-electron chi connectivity index (χ2n) is 15.3. The molecule has 0 fully saturated rings. The Morgan fingerprint density at radius 3 is 1.09 bits per heavy atom. The molecule has 0 saturated heterocycles. The van der Waals surface area contributed by atoms with E-state index in [-0.39, 0.29) is 31.1 Å². The standard InChI is InChI=1S/C51H86O6/c1-4-7-10-13-16-19-21-23-24-25-26-28-29-32-35-38-41-44-50(53)56-47-48(46-55-49(52)43-40-37-34-31-18-15-12-9-6-3)57-51(54)45-42-39-36-33-30-27-22-20-17-14-11-8-5-2/h7-8,10-11,16-17,19-20,23-24,27,30,48H,4-6,9,12-15,18,21-22,25-26,28-29,31-47H2,1-3H3/b10-7-,11-8-,19-16-,20-17-,24-23-,30-27-. The molecule has 326 valence electrons. The van der Waals surface area contributed by atoms with Crippen LogP contribution in [-0.2, 0) is 28.6 Å². The Morgan fingerprint density at radius 2 is 0.684 bits per heavy atom. The number of unbranched alkanes of at least 4 members (excludes halogenated alkanes) is 18. The molecule has 0 aliphatic rings. The van der Waals surface area contributed by atoms with Gasteiger partial charge in [-0.15, -0.1) is 0 Å². The molecule has 0 aliphatic heterocycles. The third-order valence-electron chi connectivity index (χ3n) is 9.71. The van der Waals surface area contributed by atoms with Crippen LogP contribution in [0.15, 0.2) is 72.9 Å². The minimum Gasteiger partial charge on any atom is -0.462 e. The highest BCUT2D eigenvalue weighted by atomic mass is 16.6. The number of esters is 3. The van der Waals surface area contributed by atoms with Crippen LogP contribution in [0.1, 0.15) is 213 Å². The van der Waals surface area contributed by atoms with Gasteiger partial charge >= 0.3 is 17.9 Å². The van der Waals surface area contributed by atoms with E-state index in [0.717, 1.165) is 109 Å². The molecule has 0 saturated carbocycles. The van der Waals surface area contributed by atoms with Crippen LogP contribution in [0.25, 0.3) is 0 Å². The van der Waals surface area contributed by atoms with Gasteiger partial charge in [-0.1, -0.05) is 184 Å². The average molecular weight is 795 g/mol. The van der Waals surface area contributed by atoms with Crippen molar-refractivity contribution in [1.82, 2.24) is 0 Å². The largest absolute Gasteiger partial charge is 0.462 e. The van der Waals surface area contributed by atoms with E-state index in [4.69, 9.17) is 14.2 Å². The molecule has 6 nitrogen and oxygen atoms in total. The van der Waals surface area contributed by atoms with Crippen molar-refractivity contribution in [3.8, 4) is 0 Å². The zero-order valence-electron chi connectivity index (χ0n) is 37.1. The molecule has 0 N–H and O–H groups in total. The molecule has 1 unspecified atom stereocenters. The van der Waals surface area contributed by atoms with Crippen LogP contribution in [-0.4, -0.2) is 37.2 Å². The predicted octanol–water partition coefficient (Wildman–Crippen LogP) is 15.1. The van der Waals surface area contributed by atoms with E-state index in [1.807, 2.05) is 0 Å². The maximum atomic E-state index is 12.7. The lowest BCUT2D eigenvalue weighted by molar-refractivity contribution is -0.167. The Labute approximate surface area is 351 Å². The van der Waals surface area contributed by atoms with Crippen molar-refractivity contribution in [1.29, 1.82) is 0 Å². The van der Waals surface area contributed by atoms with Crippen LogP contribution in [0.2, 0.25) is 0 Å². The van der Waals surface area contributed by atoms with Crippen LogP contribution in [0.4, 0.5) is 0 Å². The van der Waals surface area contributed by atoms with E-state index in [1.165, 1.54) is 64.2 Å². The van der Waals surface area contributed by atoms with Crippen molar-refractivity contribution in [3.05, 3.63) is 72.9 Å². The van der Waals surface area contributed by atoms with E-state index in [1.54, 1.807) is 0 Å². The fraction of sp³-hybridized carbons (Fsp3) is 0.706. The van der Waals surface area contributed by atoms with Crippen LogP contribution in [0, 0.1) is 0 Å². The van der Waals surface area contributed by atoms with E-state index < -0.39 is 6.10 Å². The smallest absolute Gasteiger partial charge is 0.306 e. The minimum atomic E-state index is -0.791. The molecule has 0 aliphatic carbocycles. The molecule has 57 heavy (non-hydrogen) atoms. The fourth-order valence-electron chi connectivity index (χ4n) is 6.23. The molecule has 0 bridgehead atoms. The molecule has 0 radical (unpaired) electrons. The van der Waals surface area contributed by atoms with Gasteiger partial charge in [0, 0.05) is 19.3 Å². The molecule has 0 aromatic rings. The van der Waals surface area contributed by atoms with Crippen molar-refractivity contribution in [2.45, 2.75) is 219 Å². The highest BCUT2D eigenvalue weighted by molar-refractivity contribution is 5.71. The molecule has 0 aromatic carbocycles. The van der Waals surface area contributed by atoms with Crippen molar-refractivity contribution in [2.24, 2.45) is 0 Å². The third kappa shape index (κ3) is 43.8. The summed E-state index contributed by atoms with van der Waals surface area (Å²) in [6.45, 7) is 6.34. The number of hydrogen-bond acceptors (Lipinski definition) is 6. The first-order chi connectivity index (χ1) is 28.0. The van der Waals surface area contributed by atoms with Gasteiger partial charge in [-0.3, -0.25) is 14.4 Å². The van der Waals surface area contributed by atoms with Crippen LogP contribution < -0.4 is 0 Å². The zero-order chi connectivity index (χ0) is 41.5. The van der Waals surface area contributed by atoms with Gasteiger partial charge in [-0.25, -0.2) is 0 Å². The fourth-order valence-corrected chi connectivity index (χ4v) is 6.23. The van der Waals surface area contributed by atoms with Gasteiger partial charge in [0.1, 0.15) is 13.2 Å². The highest BCUT2D eigenvalue weighted by Crippen LogP contribution is 2.13. The van der Waals surface area contributed by atoms with Crippen LogP contribution >= 0.6 is 0 Å². The number of hydrogen-bond donors (Lipinski definition) is 0. The summed E-state index contributed by atoms with van der Waals surface area (Å²) >= 11 is 0. The van der Waals surface area contributed by atoms with E-state index >= 15 is 0 Å². The Kier molecular flexibility index (Phi) is 43.0. The third-order valence-corrected chi connectivity index (χ3v) is 9.71. The maximum Gasteiger partial charge on any atom is 0.306 e. The number of rotatable bonds is 41. The quantitative estimate of drug-likeness (QED) is 0.0265. The van der Waals surface area contributed by atoms with Crippen LogP contribution in [0.3, 0.4) is 0 Å². The van der Waals surface area contributed by atoms with Gasteiger partial charge in [0.2, 0.25) is 0 Å². The number of carbonyl (C=O) groups excluding carboxylic acids is 3.